The number of hydrogen-bond donors (Lipinski definition) is 0. The van der Waals surface area contributed by atoms with Gasteiger partial charge in [0.1, 0.15) is 0 Å². The van der Waals surface area contributed by atoms with Crippen LogP contribution in [0.25, 0.3) is 0 Å². The van der Waals surface area contributed by atoms with Crippen LogP contribution in [0.4, 0.5) is 0 Å². The molecule has 0 saturated heterocycles. The Morgan fingerprint density at radius 2 is 1.85 bits per heavy atom. The van der Waals surface area contributed by atoms with E-state index in [1.807, 2.05) is 0 Å². The summed E-state index contributed by atoms with van der Waals surface area (Å²) in [5.74, 6) is 0. The molecule has 0 fully saturated rings. The van der Waals surface area contributed by atoms with E-state index >= 15 is 0 Å². The van der Waals surface area contributed by atoms with Crippen molar-refractivity contribution >= 4 is 15.9 Å². The van der Waals surface area contributed by atoms with Crippen molar-refractivity contribution in [2.75, 3.05) is 0 Å². The van der Waals surface area contributed by atoms with E-state index in [-0.39, 0.29) is 5.66 Å². The third-order valence-electron chi connectivity index (χ3n) is 2.35. The first kappa shape index (κ1) is 8.88. The number of nitrogens with zero attached hydrogens (tertiary/aromatic N) is 2. The lowest BCUT2D eigenvalue weighted by atomic mass is 10.0. The fourth-order valence-electron chi connectivity index (χ4n) is 1.34. The van der Waals surface area contributed by atoms with Gasteiger partial charge in [-0.05, 0) is 24.1 Å². The van der Waals surface area contributed by atoms with Crippen LogP contribution in [0.3, 0.4) is 0 Å². The van der Waals surface area contributed by atoms with Gasteiger partial charge in [-0.1, -0.05) is 35.0 Å². The topological polar surface area (TPSA) is 24.7 Å². The molecular weight excluding hydrogens is 228 g/mol. The summed E-state index contributed by atoms with van der Waals surface area (Å²) < 4.78 is 1.12. The van der Waals surface area contributed by atoms with Crippen LogP contribution in [0, 0.1) is 0 Å². The molecule has 0 bridgehead atoms. The highest BCUT2D eigenvalue weighted by Crippen LogP contribution is 2.35. The first-order valence-electron chi connectivity index (χ1n) is 4.43. The van der Waals surface area contributed by atoms with Crippen LogP contribution in [0.5, 0.6) is 0 Å². The lowest BCUT2D eigenvalue weighted by Gasteiger charge is -2.06. The lowest BCUT2D eigenvalue weighted by Crippen LogP contribution is -2.12. The van der Waals surface area contributed by atoms with Crippen LogP contribution in [0.1, 0.15) is 18.9 Å². The van der Waals surface area contributed by atoms with Crippen molar-refractivity contribution in [2.45, 2.75) is 25.4 Å². The molecular formula is C10H11BrN2. The summed E-state index contributed by atoms with van der Waals surface area (Å²) in [7, 11) is 0. The molecule has 0 saturated carbocycles. The Labute approximate surface area is 86.2 Å². The second kappa shape index (κ2) is 3.22. The minimum atomic E-state index is -0.0756. The summed E-state index contributed by atoms with van der Waals surface area (Å²) in [5, 5.41) is 8.17. The summed E-state index contributed by atoms with van der Waals surface area (Å²) in [6.45, 7) is 2.12. The number of halogens is 1. The number of benzene rings is 1. The summed E-state index contributed by atoms with van der Waals surface area (Å²) >= 11 is 3.41. The smallest absolute Gasteiger partial charge is 0.159 e. The molecule has 0 radical (unpaired) electrons. The quantitative estimate of drug-likeness (QED) is 0.770. The molecule has 0 amide bonds. The van der Waals surface area contributed by atoms with Crippen molar-refractivity contribution in [3.05, 3.63) is 34.3 Å². The molecule has 1 aromatic carbocycles. The highest BCUT2D eigenvalue weighted by Gasteiger charge is 2.37. The average molecular weight is 239 g/mol. The van der Waals surface area contributed by atoms with Crippen molar-refractivity contribution in [1.82, 2.24) is 0 Å². The van der Waals surface area contributed by atoms with Crippen LogP contribution in [-0.2, 0) is 6.42 Å². The molecule has 0 aliphatic carbocycles. The van der Waals surface area contributed by atoms with E-state index in [4.69, 9.17) is 0 Å². The maximum Gasteiger partial charge on any atom is 0.194 e. The Hall–Kier alpha value is -0.700. The molecule has 1 aromatic rings. The molecule has 2 rings (SSSR count). The summed E-state index contributed by atoms with van der Waals surface area (Å²) in [5.41, 5.74) is 1.23. The third kappa shape index (κ3) is 1.97. The minimum absolute atomic E-state index is 0.0756. The molecule has 13 heavy (non-hydrogen) atoms. The zero-order valence-corrected chi connectivity index (χ0v) is 9.08. The van der Waals surface area contributed by atoms with Crippen LogP contribution in [-0.4, -0.2) is 5.66 Å². The van der Waals surface area contributed by atoms with Crippen LogP contribution >= 0.6 is 15.9 Å². The fourth-order valence-corrected chi connectivity index (χ4v) is 1.60. The molecule has 0 spiro atoms. The average Bonchev–Trinajstić information content (AvgIpc) is 2.90. The van der Waals surface area contributed by atoms with E-state index in [0.717, 1.165) is 17.3 Å². The van der Waals surface area contributed by atoms with E-state index in [9.17, 15) is 0 Å². The van der Waals surface area contributed by atoms with E-state index in [2.05, 4.69) is 57.3 Å². The van der Waals surface area contributed by atoms with E-state index in [1.165, 1.54) is 5.56 Å². The van der Waals surface area contributed by atoms with Gasteiger partial charge in [-0.15, -0.1) is 0 Å². The standard InChI is InChI=1S/C10H11BrN2/c1-2-10(12-13-10)7-8-3-5-9(11)6-4-8/h3-6H,2,7H2,1H3. The predicted octanol–water partition coefficient (Wildman–Crippen LogP) is 3.56. The van der Waals surface area contributed by atoms with Gasteiger partial charge in [0.2, 0.25) is 0 Å². The Bertz CT molecular complexity index is 323. The molecule has 1 aliphatic rings. The van der Waals surface area contributed by atoms with Crippen molar-refractivity contribution in [1.29, 1.82) is 0 Å². The Balaban J connectivity index is 2.06. The van der Waals surface area contributed by atoms with Gasteiger partial charge in [0.05, 0.1) is 0 Å². The van der Waals surface area contributed by atoms with Crippen LogP contribution < -0.4 is 0 Å². The largest absolute Gasteiger partial charge is 0.194 e. The van der Waals surface area contributed by atoms with Gasteiger partial charge < -0.3 is 0 Å². The Kier molecular flexibility index (Phi) is 2.20. The second-order valence-corrected chi connectivity index (χ2v) is 4.25. The Morgan fingerprint density at radius 3 is 2.31 bits per heavy atom. The summed E-state index contributed by atoms with van der Waals surface area (Å²) in [6, 6.07) is 8.35. The molecule has 0 unspecified atom stereocenters. The number of hydrogen-bond acceptors (Lipinski definition) is 2. The molecule has 0 atom stereocenters. The second-order valence-electron chi connectivity index (χ2n) is 3.34. The zero-order valence-electron chi connectivity index (χ0n) is 7.50. The molecule has 2 nitrogen and oxygen atoms in total. The van der Waals surface area contributed by atoms with Gasteiger partial charge in [-0.2, -0.15) is 10.2 Å². The van der Waals surface area contributed by atoms with Crippen LogP contribution in [0.15, 0.2) is 39.0 Å². The zero-order chi connectivity index (χ0) is 9.31. The molecule has 0 aromatic heterocycles. The predicted molar refractivity (Wildman–Crippen MR) is 55.7 cm³/mol. The van der Waals surface area contributed by atoms with Crippen molar-refractivity contribution < 1.29 is 0 Å². The summed E-state index contributed by atoms with van der Waals surface area (Å²) in [6.07, 6.45) is 1.94. The lowest BCUT2D eigenvalue weighted by molar-refractivity contribution is 0.575. The highest BCUT2D eigenvalue weighted by atomic mass is 79.9. The minimum Gasteiger partial charge on any atom is -0.159 e. The van der Waals surface area contributed by atoms with Crippen molar-refractivity contribution in [3.63, 3.8) is 0 Å². The van der Waals surface area contributed by atoms with Gasteiger partial charge in [0.25, 0.3) is 0 Å². The van der Waals surface area contributed by atoms with E-state index < -0.39 is 0 Å². The maximum absolute atomic E-state index is 4.08. The van der Waals surface area contributed by atoms with Gasteiger partial charge in [-0.3, -0.25) is 0 Å². The van der Waals surface area contributed by atoms with Gasteiger partial charge in [-0.25, -0.2) is 0 Å². The normalized spacial score (nSPS) is 17.4. The van der Waals surface area contributed by atoms with E-state index in [1.54, 1.807) is 0 Å². The SMILES string of the molecule is CCC1(Cc2ccc(Br)cc2)N=N1. The fraction of sp³-hybridized carbons (Fsp3) is 0.400. The van der Waals surface area contributed by atoms with Gasteiger partial charge >= 0.3 is 0 Å². The molecule has 1 aliphatic heterocycles. The first-order valence-corrected chi connectivity index (χ1v) is 5.22. The highest BCUT2D eigenvalue weighted by molar-refractivity contribution is 9.10. The Morgan fingerprint density at radius 1 is 1.23 bits per heavy atom. The molecule has 0 N–H and O–H groups in total. The monoisotopic (exact) mass is 238 g/mol. The van der Waals surface area contributed by atoms with Gasteiger partial charge in [0.15, 0.2) is 5.66 Å². The molecule has 1 heterocycles. The third-order valence-corrected chi connectivity index (χ3v) is 2.88. The summed E-state index contributed by atoms with van der Waals surface area (Å²) in [4.78, 5) is 0. The maximum atomic E-state index is 4.08. The van der Waals surface area contributed by atoms with Crippen molar-refractivity contribution in [2.24, 2.45) is 10.2 Å². The van der Waals surface area contributed by atoms with Crippen LogP contribution in [0.2, 0.25) is 0 Å². The molecule has 3 heteroatoms. The first-order chi connectivity index (χ1) is 6.24. The van der Waals surface area contributed by atoms with Crippen molar-refractivity contribution in [3.8, 4) is 0 Å². The molecule has 68 valence electrons. The van der Waals surface area contributed by atoms with Gasteiger partial charge in [0, 0.05) is 10.9 Å². The van der Waals surface area contributed by atoms with E-state index in [0.29, 0.717) is 0 Å². The number of rotatable bonds is 3.